The summed E-state index contributed by atoms with van der Waals surface area (Å²) in [5, 5.41) is 24.7. The van der Waals surface area contributed by atoms with Crippen LogP contribution in [-0.2, 0) is 18.4 Å². The number of amides is 1. The van der Waals surface area contributed by atoms with E-state index in [0.29, 0.717) is 30.3 Å². The van der Waals surface area contributed by atoms with Crippen LogP contribution in [0.25, 0.3) is 0 Å². The number of unbranched alkanes of at least 4 members (excludes halogenated alkanes) is 44. The summed E-state index contributed by atoms with van der Waals surface area (Å²) in [5.74, 6) is -0.287. The minimum atomic E-state index is -4.68. The molecule has 0 heterocycles. The highest BCUT2D eigenvalue weighted by Crippen LogP contribution is 2.38. The van der Waals surface area contributed by atoms with Crippen molar-refractivity contribution < 1.29 is 38.0 Å². The molecule has 10 heteroatoms. The summed E-state index contributed by atoms with van der Waals surface area (Å²) in [7, 11) is 1.11. The van der Waals surface area contributed by atoms with Crippen molar-refractivity contribution in [2.45, 2.75) is 353 Å². The number of phosphoric ester groups is 1. The van der Waals surface area contributed by atoms with Crippen molar-refractivity contribution in [2.75, 3.05) is 40.9 Å². The monoisotopic (exact) mass is 1090 g/mol. The lowest BCUT2D eigenvalue weighted by molar-refractivity contribution is -0.870. The van der Waals surface area contributed by atoms with Crippen LogP contribution in [0.15, 0.2) is 24.3 Å². The van der Waals surface area contributed by atoms with E-state index in [1.807, 2.05) is 21.1 Å². The molecule has 452 valence electrons. The number of aliphatic hydroxyl groups excluding tert-OH is 2. The SMILES string of the molecule is CCCCC/C=C/CC/C=C/CCCC(O)C(O)C(COP(=O)([O-])OCC[N+](C)(C)C)NC(=O)CCCCCCCCCCCCCCCCCCCCCCCCCCCCCCCCCCCCCCCCCC. The standard InChI is InChI=1S/C66H131N2O7P/c1-6-8-10-12-14-16-18-20-21-22-23-24-25-26-27-28-29-30-31-32-33-34-35-36-37-38-39-40-41-42-43-44-45-46-47-49-51-53-55-57-59-65(70)67-63(62-75-76(72,73)74-61-60-68(3,4)5)66(71)64(69)58-56-54-52-50-48-19-17-15-13-11-9-7-2/h15,17,50,52,63-64,66,69,71H,6-14,16,18-49,51,53-62H2,1-5H3,(H-,67,70,72,73)/b17-15+,52-50+. The first-order valence-electron chi connectivity index (χ1n) is 33.3. The summed E-state index contributed by atoms with van der Waals surface area (Å²) in [5.41, 5.74) is 0. The molecule has 0 fully saturated rings. The summed E-state index contributed by atoms with van der Waals surface area (Å²) >= 11 is 0. The van der Waals surface area contributed by atoms with Crippen molar-refractivity contribution >= 4 is 13.7 Å². The first-order valence-corrected chi connectivity index (χ1v) is 34.7. The number of carbonyl (C=O) groups excluding carboxylic acids is 1. The van der Waals surface area contributed by atoms with Crippen molar-refractivity contribution in [3.8, 4) is 0 Å². The Morgan fingerprint density at radius 2 is 0.763 bits per heavy atom. The average molecular weight is 1100 g/mol. The molecule has 0 aliphatic heterocycles. The van der Waals surface area contributed by atoms with Crippen LogP contribution in [0.1, 0.15) is 335 Å². The molecule has 0 rings (SSSR count). The smallest absolute Gasteiger partial charge is 0.268 e. The first-order chi connectivity index (χ1) is 36.9. The van der Waals surface area contributed by atoms with Crippen molar-refractivity contribution in [3.05, 3.63) is 24.3 Å². The van der Waals surface area contributed by atoms with Gasteiger partial charge >= 0.3 is 0 Å². The molecule has 0 bridgehead atoms. The number of likely N-dealkylation sites (N-methyl/N-ethyl adjacent to an activating group) is 1. The fourth-order valence-electron chi connectivity index (χ4n) is 10.3. The zero-order chi connectivity index (χ0) is 55.7. The van der Waals surface area contributed by atoms with Gasteiger partial charge in [-0.1, -0.05) is 301 Å². The maximum Gasteiger partial charge on any atom is 0.268 e. The van der Waals surface area contributed by atoms with Crippen LogP contribution < -0.4 is 10.2 Å². The fourth-order valence-corrected chi connectivity index (χ4v) is 11.0. The van der Waals surface area contributed by atoms with Crippen LogP contribution in [0.2, 0.25) is 0 Å². The molecule has 9 nitrogen and oxygen atoms in total. The van der Waals surface area contributed by atoms with Gasteiger partial charge in [-0.25, -0.2) is 0 Å². The largest absolute Gasteiger partial charge is 0.756 e. The highest BCUT2D eigenvalue weighted by Gasteiger charge is 2.29. The number of aliphatic hydroxyl groups is 2. The van der Waals surface area contributed by atoms with Gasteiger partial charge in [-0.2, -0.15) is 0 Å². The molecule has 0 aliphatic rings. The quantitative estimate of drug-likeness (QED) is 0.0239. The van der Waals surface area contributed by atoms with Gasteiger partial charge < -0.3 is 34.0 Å². The number of quaternary nitrogens is 1. The third kappa shape index (κ3) is 57.6. The van der Waals surface area contributed by atoms with E-state index in [4.69, 9.17) is 9.05 Å². The summed E-state index contributed by atoms with van der Waals surface area (Å²) in [4.78, 5) is 25.5. The van der Waals surface area contributed by atoms with Crippen molar-refractivity contribution in [1.82, 2.24) is 5.32 Å². The normalized spacial score (nSPS) is 14.3. The molecule has 0 aliphatic carbocycles. The average Bonchev–Trinajstić information content (AvgIpc) is 3.38. The van der Waals surface area contributed by atoms with E-state index < -0.39 is 32.7 Å². The molecule has 1 amide bonds. The van der Waals surface area contributed by atoms with E-state index in [9.17, 15) is 24.5 Å². The van der Waals surface area contributed by atoms with Gasteiger partial charge in [0.05, 0.1) is 39.9 Å². The van der Waals surface area contributed by atoms with Gasteiger partial charge in [-0.05, 0) is 51.4 Å². The highest BCUT2D eigenvalue weighted by atomic mass is 31.2. The molecule has 0 aromatic carbocycles. The van der Waals surface area contributed by atoms with Crippen molar-refractivity contribution in [3.63, 3.8) is 0 Å². The van der Waals surface area contributed by atoms with Gasteiger partial charge in [0.25, 0.3) is 7.82 Å². The predicted molar refractivity (Wildman–Crippen MR) is 327 cm³/mol. The summed E-state index contributed by atoms with van der Waals surface area (Å²) in [6, 6.07) is -1.09. The molecular formula is C66H131N2O7P. The van der Waals surface area contributed by atoms with E-state index in [1.165, 1.54) is 257 Å². The second kappa shape index (κ2) is 57.2. The number of hydrogen-bond donors (Lipinski definition) is 3. The summed E-state index contributed by atoms with van der Waals surface area (Å²) in [6.07, 6.45) is 70.3. The van der Waals surface area contributed by atoms with Crippen LogP contribution in [0.4, 0.5) is 0 Å². The first kappa shape index (κ1) is 74.9. The number of allylic oxidation sites excluding steroid dienone is 4. The lowest BCUT2D eigenvalue weighted by atomic mass is 10.0. The zero-order valence-electron chi connectivity index (χ0n) is 51.3. The number of rotatable bonds is 62. The Bertz CT molecular complexity index is 1310. The second-order valence-electron chi connectivity index (χ2n) is 24.3. The fraction of sp³-hybridized carbons (Fsp3) is 0.924. The maximum absolute atomic E-state index is 13.0. The molecule has 76 heavy (non-hydrogen) atoms. The van der Waals surface area contributed by atoms with E-state index >= 15 is 0 Å². The number of nitrogens with one attached hydrogen (secondary N) is 1. The molecule has 0 saturated heterocycles. The Balaban J connectivity index is 3.87. The van der Waals surface area contributed by atoms with Crippen LogP contribution >= 0.6 is 7.82 Å². The maximum atomic E-state index is 13.0. The minimum Gasteiger partial charge on any atom is -0.756 e. The number of carbonyl (C=O) groups is 1. The van der Waals surface area contributed by atoms with Crippen LogP contribution in [0, 0.1) is 0 Å². The molecule has 4 unspecified atom stereocenters. The molecule has 0 radical (unpaired) electrons. The van der Waals surface area contributed by atoms with Gasteiger partial charge in [0, 0.05) is 6.42 Å². The van der Waals surface area contributed by atoms with Crippen LogP contribution in [0.5, 0.6) is 0 Å². The number of hydrogen-bond acceptors (Lipinski definition) is 7. The zero-order valence-corrected chi connectivity index (χ0v) is 52.2. The predicted octanol–water partition coefficient (Wildman–Crippen LogP) is 19.1. The number of phosphoric acid groups is 1. The third-order valence-corrected chi connectivity index (χ3v) is 16.5. The van der Waals surface area contributed by atoms with Crippen molar-refractivity contribution in [2.24, 2.45) is 0 Å². The molecule has 4 atom stereocenters. The third-order valence-electron chi connectivity index (χ3n) is 15.5. The molecule has 0 saturated carbocycles. The van der Waals surface area contributed by atoms with Gasteiger partial charge in [0.2, 0.25) is 5.91 Å². The summed E-state index contributed by atoms with van der Waals surface area (Å²) in [6.45, 7) is 4.42. The topological polar surface area (TPSA) is 128 Å². The molecule has 0 aromatic heterocycles. The molecule has 3 N–H and O–H groups in total. The Morgan fingerprint density at radius 1 is 0.461 bits per heavy atom. The minimum absolute atomic E-state index is 0.0466. The van der Waals surface area contributed by atoms with E-state index in [-0.39, 0.29) is 18.9 Å². The van der Waals surface area contributed by atoms with Crippen LogP contribution in [-0.4, -0.2) is 79.8 Å². The molecule has 0 aromatic rings. The Morgan fingerprint density at radius 3 is 1.11 bits per heavy atom. The summed E-state index contributed by atoms with van der Waals surface area (Å²) < 4.78 is 23.3. The Labute approximate surface area is 473 Å². The van der Waals surface area contributed by atoms with Gasteiger partial charge in [-0.15, -0.1) is 0 Å². The van der Waals surface area contributed by atoms with E-state index in [1.54, 1.807) is 0 Å². The second-order valence-corrected chi connectivity index (χ2v) is 25.7. The van der Waals surface area contributed by atoms with Gasteiger partial charge in [0.15, 0.2) is 0 Å². The van der Waals surface area contributed by atoms with E-state index in [2.05, 4.69) is 43.5 Å². The Kier molecular flexibility index (Phi) is 56.4. The van der Waals surface area contributed by atoms with Gasteiger partial charge in [0.1, 0.15) is 19.3 Å². The lowest BCUT2D eigenvalue weighted by Crippen LogP contribution is -2.51. The van der Waals surface area contributed by atoms with E-state index in [0.717, 1.165) is 38.5 Å². The number of nitrogens with zero attached hydrogens (tertiary/aromatic N) is 1. The van der Waals surface area contributed by atoms with Crippen molar-refractivity contribution in [1.29, 1.82) is 0 Å². The van der Waals surface area contributed by atoms with Gasteiger partial charge in [-0.3, -0.25) is 9.36 Å². The highest BCUT2D eigenvalue weighted by molar-refractivity contribution is 7.45. The molecular weight excluding hydrogens is 964 g/mol. The lowest BCUT2D eigenvalue weighted by Gasteiger charge is -2.31. The Hall–Kier alpha value is -1.06. The molecule has 0 spiro atoms. The van der Waals surface area contributed by atoms with Crippen LogP contribution in [0.3, 0.4) is 0 Å².